The van der Waals surface area contributed by atoms with Crippen LogP contribution in [0, 0.1) is 11.3 Å². The van der Waals surface area contributed by atoms with E-state index < -0.39 is 34.7 Å². The molecule has 2 aromatic heterocycles. The Morgan fingerprint density at radius 3 is 2.66 bits per heavy atom. The van der Waals surface area contributed by atoms with Crippen molar-refractivity contribution in [1.29, 1.82) is 5.26 Å². The maximum atomic E-state index is 12.9. The Balaban J connectivity index is 1.88. The Kier molecular flexibility index (Phi) is 6.66. The zero-order valence-electron chi connectivity index (χ0n) is 18.8. The van der Waals surface area contributed by atoms with Crippen LogP contribution >= 0.6 is 11.6 Å². The van der Waals surface area contributed by atoms with Crippen molar-refractivity contribution in [2.75, 3.05) is 5.32 Å². The standard InChI is InChI=1S/C25H20ClN5O4/c1-14(20(15-6-4-3-5-7-15)19-10-17(26)9-8-16(19)11-27)23-30-21(22(32)25(34)31(23)2)24(33)29-18-12-28-35-13-18/h3-10,12-14,20,32H,1-2H3,(H,29,33)/t14?,20-/m0/s1. The van der Waals surface area contributed by atoms with Crippen LogP contribution in [0.25, 0.3) is 0 Å². The summed E-state index contributed by atoms with van der Waals surface area (Å²) >= 11 is 6.29. The second-order valence-corrected chi connectivity index (χ2v) is 8.36. The van der Waals surface area contributed by atoms with Crippen LogP contribution in [-0.2, 0) is 7.05 Å². The molecule has 4 aromatic rings. The van der Waals surface area contributed by atoms with E-state index in [1.165, 1.54) is 24.1 Å². The Bertz CT molecular complexity index is 1480. The number of nitriles is 1. The topological polar surface area (TPSA) is 134 Å². The zero-order chi connectivity index (χ0) is 25.1. The summed E-state index contributed by atoms with van der Waals surface area (Å²) in [5.41, 5.74) is 0.953. The Hall–Kier alpha value is -4.42. The van der Waals surface area contributed by atoms with Crippen molar-refractivity contribution in [3.63, 3.8) is 0 Å². The van der Waals surface area contributed by atoms with Crippen LogP contribution < -0.4 is 10.9 Å². The highest BCUT2D eigenvalue weighted by atomic mass is 35.5. The highest BCUT2D eigenvalue weighted by molar-refractivity contribution is 6.30. The van der Waals surface area contributed by atoms with Crippen molar-refractivity contribution < 1.29 is 14.4 Å². The van der Waals surface area contributed by atoms with Gasteiger partial charge < -0.3 is 14.9 Å². The predicted octanol–water partition coefficient (Wildman–Crippen LogP) is 4.19. The minimum Gasteiger partial charge on any atom is -0.501 e. The number of aromatic hydroxyl groups is 1. The maximum absolute atomic E-state index is 12.9. The van der Waals surface area contributed by atoms with Crippen LogP contribution in [-0.4, -0.2) is 25.7 Å². The largest absolute Gasteiger partial charge is 0.501 e. The molecular formula is C25H20ClN5O4. The molecule has 2 heterocycles. The molecule has 35 heavy (non-hydrogen) atoms. The summed E-state index contributed by atoms with van der Waals surface area (Å²) in [6.45, 7) is 1.83. The minimum absolute atomic E-state index is 0.237. The molecule has 0 bridgehead atoms. The first-order chi connectivity index (χ1) is 16.8. The summed E-state index contributed by atoms with van der Waals surface area (Å²) in [6, 6.07) is 16.6. The summed E-state index contributed by atoms with van der Waals surface area (Å²) in [5, 5.41) is 26.6. The zero-order valence-corrected chi connectivity index (χ0v) is 19.5. The van der Waals surface area contributed by atoms with Crippen molar-refractivity contribution in [3.05, 3.63) is 105 Å². The number of aromatic nitrogens is 3. The molecule has 4 rings (SSSR count). The molecule has 0 spiro atoms. The van der Waals surface area contributed by atoms with Gasteiger partial charge in [-0.15, -0.1) is 0 Å². The number of hydrogen-bond donors (Lipinski definition) is 2. The van der Waals surface area contributed by atoms with Gasteiger partial charge in [0, 0.05) is 23.9 Å². The van der Waals surface area contributed by atoms with Crippen molar-refractivity contribution in [2.45, 2.75) is 18.8 Å². The van der Waals surface area contributed by atoms with E-state index in [1.54, 1.807) is 18.2 Å². The summed E-state index contributed by atoms with van der Waals surface area (Å²) in [4.78, 5) is 30.1. The highest BCUT2D eigenvalue weighted by Crippen LogP contribution is 2.40. The van der Waals surface area contributed by atoms with Gasteiger partial charge in [0.15, 0.2) is 5.69 Å². The number of nitrogens with one attached hydrogen (secondary N) is 1. The smallest absolute Gasteiger partial charge is 0.296 e. The Labute approximate surface area is 205 Å². The van der Waals surface area contributed by atoms with E-state index in [0.717, 1.165) is 5.56 Å². The molecule has 2 N–H and O–H groups in total. The molecule has 176 valence electrons. The molecule has 0 aliphatic rings. The molecule has 0 aliphatic heterocycles. The second kappa shape index (κ2) is 9.83. The minimum atomic E-state index is -0.798. The van der Waals surface area contributed by atoms with Crippen molar-refractivity contribution in [2.24, 2.45) is 7.05 Å². The van der Waals surface area contributed by atoms with Crippen LogP contribution in [0.3, 0.4) is 0 Å². The quantitative estimate of drug-likeness (QED) is 0.414. The van der Waals surface area contributed by atoms with E-state index in [0.29, 0.717) is 16.1 Å². The molecule has 0 aliphatic carbocycles. The summed E-state index contributed by atoms with van der Waals surface area (Å²) < 4.78 is 5.89. The van der Waals surface area contributed by atoms with Gasteiger partial charge in [0.25, 0.3) is 11.5 Å². The number of halogens is 1. The molecule has 2 aromatic carbocycles. The van der Waals surface area contributed by atoms with Crippen LogP contribution in [0.4, 0.5) is 5.69 Å². The normalized spacial score (nSPS) is 12.5. The van der Waals surface area contributed by atoms with Gasteiger partial charge in [0.1, 0.15) is 17.8 Å². The lowest BCUT2D eigenvalue weighted by Crippen LogP contribution is -2.29. The van der Waals surface area contributed by atoms with E-state index in [1.807, 2.05) is 37.3 Å². The van der Waals surface area contributed by atoms with Crippen molar-refractivity contribution in [1.82, 2.24) is 14.7 Å². The van der Waals surface area contributed by atoms with E-state index in [9.17, 15) is 20.0 Å². The number of nitrogens with zero attached hydrogens (tertiary/aromatic N) is 4. The lowest BCUT2D eigenvalue weighted by Gasteiger charge is -2.27. The fourth-order valence-electron chi connectivity index (χ4n) is 4.07. The first-order valence-electron chi connectivity index (χ1n) is 10.6. The van der Waals surface area contributed by atoms with Gasteiger partial charge in [0.2, 0.25) is 5.75 Å². The van der Waals surface area contributed by atoms with Crippen LogP contribution in [0.1, 0.15) is 51.8 Å². The first-order valence-corrected chi connectivity index (χ1v) is 10.9. The lowest BCUT2D eigenvalue weighted by atomic mass is 9.79. The highest BCUT2D eigenvalue weighted by Gasteiger charge is 2.30. The van der Waals surface area contributed by atoms with E-state index >= 15 is 0 Å². The molecule has 1 amide bonds. The van der Waals surface area contributed by atoms with Gasteiger partial charge >= 0.3 is 0 Å². The van der Waals surface area contributed by atoms with Gasteiger partial charge in [-0.1, -0.05) is 54.0 Å². The fraction of sp³-hybridized carbons (Fsp3) is 0.160. The van der Waals surface area contributed by atoms with E-state index in [2.05, 4.69) is 21.5 Å². The first kappa shape index (κ1) is 23.7. The Morgan fingerprint density at radius 2 is 2.00 bits per heavy atom. The Morgan fingerprint density at radius 1 is 1.26 bits per heavy atom. The molecule has 1 unspecified atom stereocenters. The fourth-order valence-corrected chi connectivity index (χ4v) is 4.25. The summed E-state index contributed by atoms with van der Waals surface area (Å²) in [5.74, 6) is -2.30. The third-order valence-electron chi connectivity index (χ3n) is 5.74. The lowest BCUT2D eigenvalue weighted by molar-refractivity contribution is 0.101. The number of carbonyl (C=O) groups excluding carboxylic acids is 1. The van der Waals surface area contributed by atoms with Crippen LogP contribution in [0.5, 0.6) is 5.75 Å². The predicted molar refractivity (Wildman–Crippen MR) is 128 cm³/mol. The van der Waals surface area contributed by atoms with Gasteiger partial charge in [-0.3, -0.25) is 14.2 Å². The second-order valence-electron chi connectivity index (χ2n) is 7.92. The maximum Gasteiger partial charge on any atom is 0.296 e. The van der Waals surface area contributed by atoms with E-state index in [4.69, 9.17) is 16.1 Å². The number of benzene rings is 2. The molecular weight excluding hydrogens is 470 g/mol. The number of rotatable bonds is 6. The molecule has 2 atom stereocenters. The van der Waals surface area contributed by atoms with Crippen LogP contribution in [0.15, 0.2) is 70.3 Å². The van der Waals surface area contributed by atoms with E-state index in [-0.39, 0.29) is 11.5 Å². The number of amides is 1. The SMILES string of the molecule is CC(c1nc(C(=O)Nc2cnoc2)c(O)c(=O)n1C)[C@@H](c1ccccc1)c1cc(Cl)ccc1C#N. The molecule has 0 saturated heterocycles. The third kappa shape index (κ3) is 4.65. The third-order valence-corrected chi connectivity index (χ3v) is 5.98. The van der Waals surface area contributed by atoms with Crippen molar-refractivity contribution >= 4 is 23.2 Å². The van der Waals surface area contributed by atoms with Gasteiger partial charge in [-0.2, -0.15) is 5.26 Å². The number of hydrogen-bond acceptors (Lipinski definition) is 7. The summed E-state index contributed by atoms with van der Waals surface area (Å²) in [7, 11) is 1.47. The van der Waals surface area contributed by atoms with Gasteiger partial charge in [-0.25, -0.2) is 4.98 Å². The molecule has 9 nitrogen and oxygen atoms in total. The van der Waals surface area contributed by atoms with Gasteiger partial charge in [-0.05, 0) is 29.3 Å². The van der Waals surface area contributed by atoms with Gasteiger partial charge in [0.05, 0.1) is 17.8 Å². The van der Waals surface area contributed by atoms with Crippen LogP contribution in [0.2, 0.25) is 5.02 Å². The number of anilines is 1. The average Bonchev–Trinajstić information content (AvgIpc) is 3.36. The molecule has 10 heteroatoms. The monoisotopic (exact) mass is 489 g/mol. The number of carbonyl (C=O) groups is 1. The average molecular weight is 490 g/mol. The molecule has 0 saturated carbocycles. The van der Waals surface area contributed by atoms with Crippen molar-refractivity contribution in [3.8, 4) is 11.8 Å². The molecule has 0 radical (unpaired) electrons. The molecule has 0 fully saturated rings. The summed E-state index contributed by atoms with van der Waals surface area (Å²) in [6.07, 6.45) is 2.47.